The maximum atomic E-state index is 11.1. The van der Waals surface area contributed by atoms with Gasteiger partial charge >= 0.3 is 0 Å². The maximum absolute atomic E-state index is 11.1. The summed E-state index contributed by atoms with van der Waals surface area (Å²) >= 11 is 0. The van der Waals surface area contributed by atoms with Gasteiger partial charge in [0, 0.05) is 24.4 Å². The normalized spacial score (nSPS) is 10.5. The first-order valence-electron chi connectivity index (χ1n) is 6.61. The highest BCUT2D eigenvalue weighted by molar-refractivity contribution is 5.66. The monoisotopic (exact) mass is 274 g/mol. The number of para-hydroxylation sites is 1. The number of benzene rings is 1. The summed E-state index contributed by atoms with van der Waals surface area (Å²) in [5, 5.41) is 18.5. The molecule has 0 radical (unpaired) electrons. The molecule has 0 fully saturated rings. The molecule has 1 N–H and O–H groups in total. The van der Waals surface area contributed by atoms with Crippen LogP contribution in [-0.4, -0.2) is 21.2 Å². The summed E-state index contributed by atoms with van der Waals surface area (Å²) < 4.78 is 1.78. The maximum Gasteiger partial charge on any atom is 0.292 e. The first-order chi connectivity index (χ1) is 9.61. The lowest BCUT2D eigenvalue weighted by molar-refractivity contribution is -0.384. The van der Waals surface area contributed by atoms with Crippen molar-refractivity contribution in [1.29, 1.82) is 0 Å². The van der Waals surface area contributed by atoms with Gasteiger partial charge in [-0.1, -0.05) is 19.1 Å². The van der Waals surface area contributed by atoms with E-state index in [4.69, 9.17) is 0 Å². The third-order valence-corrected chi connectivity index (χ3v) is 2.97. The highest BCUT2D eigenvalue weighted by Gasteiger charge is 2.17. The lowest BCUT2D eigenvalue weighted by Crippen LogP contribution is -2.09. The van der Waals surface area contributed by atoms with E-state index in [1.165, 1.54) is 6.07 Å². The molecule has 0 saturated heterocycles. The molecule has 2 rings (SSSR count). The van der Waals surface area contributed by atoms with Gasteiger partial charge in [-0.3, -0.25) is 14.8 Å². The van der Waals surface area contributed by atoms with Crippen LogP contribution in [0.15, 0.2) is 30.6 Å². The number of hydrogen-bond donors (Lipinski definition) is 1. The Balaban J connectivity index is 2.35. The van der Waals surface area contributed by atoms with Crippen molar-refractivity contribution in [3.8, 4) is 0 Å². The molecule has 0 aliphatic rings. The van der Waals surface area contributed by atoms with Crippen molar-refractivity contribution in [2.45, 2.75) is 26.8 Å². The quantitative estimate of drug-likeness (QED) is 0.649. The van der Waals surface area contributed by atoms with Crippen LogP contribution >= 0.6 is 0 Å². The van der Waals surface area contributed by atoms with E-state index < -0.39 is 0 Å². The molecule has 0 bridgehead atoms. The summed E-state index contributed by atoms with van der Waals surface area (Å²) in [6.07, 6.45) is 4.60. The molecule has 1 heterocycles. The van der Waals surface area contributed by atoms with Crippen LogP contribution in [0.2, 0.25) is 0 Å². The molecule has 0 saturated carbocycles. The lowest BCUT2D eigenvalue weighted by atomic mass is 10.1. The Kier molecular flexibility index (Phi) is 4.34. The molecular weight excluding hydrogens is 256 g/mol. The van der Waals surface area contributed by atoms with Crippen molar-refractivity contribution in [2.24, 2.45) is 0 Å². The Morgan fingerprint density at radius 1 is 1.45 bits per heavy atom. The molecule has 1 aromatic heterocycles. The summed E-state index contributed by atoms with van der Waals surface area (Å²) in [4.78, 5) is 10.8. The van der Waals surface area contributed by atoms with Crippen LogP contribution in [0.25, 0.3) is 0 Å². The van der Waals surface area contributed by atoms with Gasteiger partial charge < -0.3 is 5.32 Å². The third kappa shape index (κ3) is 3.14. The van der Waals surface area contributed by atoms with Gasteiger partial charge in [-0.25, -0.2) is 0 Å². The number of nitrogens with one attached hydrogen (secondary N) is 1. The van der Waals surface area contributed by atoms with Crippen LogP contribution in [0.4, 0.5) is 11.4 Å². The summed E-state index contributed by atoms with van der Waals surface area (Å²) in [7, 11) is 0. The van der Waals surface area contributed by atoms with Gasteiger partial charge in [0.1, 0.15) is 5.69 Å². The van der Waals surface area contributed by atoms with Crippen molar-refractivity contribution in [3.63, 3.8) is 0 Å². The molecule has 0 atom stereocenters. The number of nitrogens with zero attached hydrogens (tertiary/aromatic N) is 3. The minimum absolute atomic E-state index is 0.111. The molecule has 1 aromatic carbocycles. The minimum Gasteiger partial charge on any atom is -0.379 e. The summed E-state index contributed by atoms with van der Waals surface area (Å²) in [5.74, 6) is 0. The highest BCUT2D eigenvalue weighted by Crippen LogP contribution is 2.28. The number of nitro groups is 1. The van der Waals surface area contributed by atoms with Gasteiger partial charge in [0.25, 0.3) is 5.69 Å². The van der Waals surface area contributed by atoms with Gasteiger partial charge in [-0.05, 0) is 18.9 Å². The summed E-state index contributed by atoms with van der Waals surface area (Å²) in [6, 6.07) is 5.12. The zero-order chi connectivity index (χ0) is 14.5. The smallest absolute Gasteiger partial charge is 0.292 e. The van der Waals surface area contributed by atoms with Crippen LogP contribution in [0, 0.1) is 17.0 Å². The van der Waals surface area contributed by atoms with Crippen LogP contribution < -0.4 is 5.32 Å². The largest absolute Gasteiger partial charge is 0.379 e. The molecule has 20 heavy (non-hydrogen) atoms. The molecule has 2 aromatic rings. The number of nitro benzene ring substituents is 1. The SMILES string of the molecule is CCCNc1c(Cn2cc(C)cn2)cccc1[N+](=O)[O-]. The molecule has 106 valence electrons. The van der Waals surface area contributed by atoms with E-state index in [0.717, 1.165) is 17.5 Å². The Labute approximate surface area is 117 Å². The van der Waals surface area contributed by atoms with Crippen LogP contribution in [0.5, 0.6) is 0 Å². The van der Waals surface area contributed by atoms with E-state index in [1.54, 1.807) is 16.9 Å². The van der Waals surface area contributed by atoms with E-state index in [9.17, 15) is 10.1 Å². The third-order valence-electron chi connectivity index (χ3n) is 2.97. The first-order valence-corrected chi connectivity index (χ1v) is 6.61. The molecule has 0 unspecified atom stereocenters. The van der Waals surface area contributed by atoms with E-state index in [2.05, 4.69) is 10.4 Å². The second kappa shape index (κ2) is 6.18. The van der Waals surface area contributed by atoms with Gasteiger partial charge in [0.05, 0.1) is 17.7 Å². The summed E-state index contributed by atoms with van der Waals surface area (Å²) in [5.41, 5.74) is 2.64. The molecule has 6 nitrogen and oxygen atoms in total. The lowest BCUT2D eigenvalue weighted by Gasteiger charge is -2.12. The fraction of sp³-hybridized carbons (Fsp3) is 0.357. The standard InChI is InChI=1S/C14H18N4O2/c1-3-7-15-14-12(5-4-6-13(14)18(19)20)10-17-9-11(2)8-16-17/h4-6,8-9,15H,3,7,10H2,1-2H3. The first kappa shape index (κ1) is 14.0. The van der Waals surface area contributed by atoms with Crippen LogP contribution in [0.3, 0.4) is 0 Å². The second-order valence-electron chi connectivity index (χ2n) is 4.71. The Morgan fingerprint density at radius 2 is 2.25 bits per heavy atom. The Morgan fingerprint density at radius 3 is 2.85 bits per heavy atom. The van der Waals surface area contributed by atoms with E-state index in [0.29, 0.717) is 18.8 Å². The number of hydrogen-bond acceptors (Lipinski definition) is 4. The molecule has 6 heteroatoms. The van der Waals surface area contributed by atoms with Gasteiger partial charge in [-0.2, -0.15) is 5.10 Å². The van der Waals surface area contributed by atoms with Crippen molar-refractivity contribution in [2.75, 3.05) is 11.9 Å². The van der Waals surface area contributed by atoms with Crippen molar-refractivity contribution < 1.29 is 4.92 Å². The zero-order valence-electron chi connectivity index (χ0n) is 11.7. The fourth-order valence-electron chi connectivity index (χ4n) is 2.05. The van der Waals surface area contributed by atoms with E-state index in [-0.39, 0.29) is 10.6 Å². The average Bonchev–Trinajstić information content (AvgIpc) is 2.82. The summed E-state index contributed by atoms with van der Waals surface area (Å²) in [6.45, 7) is 5.21. The number of rotatable bonds is 6. The van der Waals surface area contributed by atoms with Gasteiger partial charge in [0.15, 0.2) is 0 Å². The Hall–Kier alpha value is -2.37. The van der Waals surface area contributed by atoms with Crippen LogP contribution in [0.1, 0.15) is 24.5 Å². The van der Waals surface area contributed by atoms with E-state index in [1.807, 2.05) is 26.1 Å². The van der Waals surface area contributed by atoms with Crippen molar-refractivity contribution in [3.05, 3.63) is 51.8 Å². The molecule has 0 spiro atoms. The predicted octanol–water partition coefficient (Wildman–Crippen LogP) is 2.97. The van der Waals surface area contributed by atoms with Crippen molar-refractivity contribution in [1.82, 2.24) is 9.78 Å². The molecular formula is C14H18N4O2. The topological polar surface area (TPSA) is 73.0 Å². The van der Waals surface area contributed by atoms with Crippen molar-refractivity contribution >= 4 is 11.4 Å². The van der Waals surface area contributed by atoms with Gasteiger partial charge in [0.2, 0.25) is 0 Å². The fourth-order valence-corrected chi connectivity index (χ4v) is 2.05. The zero-order valence-corrected chi connectivity index (χ0v) is 11.7. The minimum atomic E-state index is -0.351. The molecule has 0 aliphatic carbocycles. The highest BCUT2D eigenvalue weighted by atomic mass is 16.6. The predicted molar refractivity (Wildman–Crippen MR) is 77.9 cm³/mol. The number of anilines is 1. The van der Waals surface area contributed by atoms with E-state index >= 15 is 0 Å². The van der Waals surface area contributed by atoms with Gasteiger partial charge in [-0.15, -0.1) is 0 Å². The number of aromatic nitrogens is 2. The Bertz CT molecular complexity index is 607. The second-order valence-corrected chi connectivity index (χ2v) is 4.71. The molecule has 0 amide bonds. The molecule has 0 aliphatic heterocycles. The van der Waals surface area contributed by atoms with Crippen LogP contribution in [-0.2, 0) is 6.54 Å². The number of aryl methyl sites for hydroxylation is 1. The average molecular weight is 274 g/mol.